The normalized spacial score (nSPS) is 34.8. The molecule has 0 bridgehead atoms. The minimum atomic E-state index is -1.78. The fraction of sp³-hybridized carbons (Fsp3) is 0.765. The first kappa shape index (κ1) is 16.2. The Morgan fingerprint density at radius 3 is 2.90 bits per heavy atom. The molecule has 0 N–H and O–H groups in total. The Bertz CT molecular complexity index is 441. The van der Waals surface area contributed by atoms with Crippen LogP contribution >= 0.6 is 0 Å². The van der Waals surface area contributed by atoms with Crippen molar-refractivity contribution in [3.8, 4) is 0 Å². The molecule has 4 heteroatoms. The summed E-state index contributed by atoms with van der Waals surface area (Å²) in [7, 11) is 0. The third-order valence-electron chi connectivity index (χ3n) is 4.90. The van der Waals surface area contributed by atoms with Gasteiger partial charge in [0, 0.05) is 5.92 Å². The number of rotatable bonds is 6. The molecular weight excluding hydrogens is 271 g/mol. The van der Waals surface area contributed by atoms with Gasteiger partial charge in [-0.3, -0.25) is 9.59 Å². The van der Waals surface area contributed by atoms with Crippen LogP contribution in [0.25, 0.3) is 0 Å². The van der Waals surface area contributed by atoms with E-state index in [1.807, 2.05) is 13.0 Å². The molecule has 0 aromatic rings. The van der Waals surface area contributed by atoms with Gasteiger partial charge < -0.3 is 4.74 Å². The molecule has 0 amide bonds. The fourth-order valence-electron chi connectivity index (χ4n) is 3.52. The second-order valence-corrected chi connectivity index (χ2v) is 6.71. The lowest BCUT2D eigenvalue weighted by atomic mass is 9.87. The van der Waals surface area contributed by atoms with Crippen molar-refractivity contribution in [2.24, 2.45) is 17.8 Å². The van der Waals surface area contributed by atoms with Crippen LogP contribution in [0.3, 0.4) is 0 Å². The monoisotopic (exact) mass is 296 g/mol. The number of esters is 1. The number of fused-ring (bicyclic) bond motifs is 1. The largest absolute Gasteiger partial charge is 0.462 e. The van der Waals surface area contributed by atoms with E-state index in [9.17, 15) is 14.0 Å². The first-order valence-corrected chi connectivity index (χ1v) is 7.96. The van der Waals surface area contributed by atoms with Crippen LogP contribution in [0.5, 0.6) is 0 Å². The predicted molar refractivity (Wildman–Crippen MR) is 78.4 cm³/mol. The molecular formula is C17H25FO3. The zero-order valence-corrected chi connectivity index (χ0v) is 13.1. The van der Waals surface area contributed by atoms with Crippen LogP contribution in [0.2, 0.25) is 0 Å². The summed E-state index contributed by atoms with van der Waals surface area (Å²) in [4.78, 5) is 23.4. The second kappa shape index (κ2) is 6.29. The van der Waals surface area contributed by atoms with Crippen LogP contribution in [0.1, 0.15) is 52.9 Å². The molecule has 1 aliphatic heterocycles. The summed E-state index contributed by atoms with van der Waals surface area (Å²) in [6.07, 6.45) is 6.28. The Hall–Kier alpha value is -1.19. The third-order valence-corrected chi connectivity index (χ3v) is 4.90. The highest BCUT2D eigenvalue weighted by Gasteiger charge is 2.47. The number of carbonyl (C=O) groups excluding carboxylic acids is 2. The van der Waals surface area contributed by atoms with Gasteiger partial charge in [0.1, 0.15) is 6.10 Å². The maximum absolute atomic E-state index is 14.3. The van der Waals surface area contributed by atoms with Crippen molar-refractivity contribution in [3.63, 3.8) is 0 Å². The SMILES string of the molecule is CCCCC(C)(F)C(=O)/C=C/C1C(C)CC2OC(=O)CC21. The Kier molecular flexibility index (Phi) is 4.84. The van der Waals surface area contributed by atoms with E-state index in [-0.39, 0.29) is 30.3 Å². The summed E-state index contributed by atoms with van der Waals surface area (Å²) in [6.45, 7) is 5.43. The maximum Gasteiger partial charge on any atom is 0.306 e. The molecule has 2 rings (SSSR count). The van der Waals surface area contributed by atoms with Gasteiger partial charge in [-0.1, -0.05) is 32.8 Å². The van der Waals surface area contributed by atoms with Crippen LogP contribution in [0, 0.1) is 17.8 Å². The molecule has 0 radical (unpaired) electrons. The van der Waals surface area contributed by atoms with Gasteiger partial charge in [-0.2, -0.15) is 0 Å². The van der Waals surface area contributed by atoms with Crippen molar-refractivity contribution in [3.05, 3.63) is 12.2 Å². The first-order valence-electron chi connectivity index (χ1n) is 7.96. The molecule has 1 saturated heterocycles. The average molecular weight is 296 g/mol. The minimum Gasteiger partial charge on any atom is -0.462 e. The summed E-state index contributed by atoms with van der Waals surface area (Å²) < 4.78 is 19.6. The Balaban J connectivity index is 1.99. The number of carbonyl (C=O) groups is 2. The van der Waals surface area contributed by atoms with Gasteiger partial charge in [0.25, 0.3) is 0 Å². The number of unbranched alkanes of at least 4 members (excludes halogenated alkanes) is 1. The molecule has 21 heavy (non-hydrogen) atoms. The van der Waals surface area contributed by atoms with Gasteiger partial charge in [0.15, 0.2) is 11.5 Å². The molecule has 5 unspecified atom stereocenters. The molecule has 1 heterocycles. The summed E-state index contributed by atoms with van der Waals surface area (Å²) in [5.74, 6) is 0.0286. The Morgan fingerprint density at radius 1 is 1.52 bits per heavy atom. The highest BCUT2D eigenvalue weighted by Crippen LogP contribution is 2.45. The molecule has 1 saturated carbocycles. The molecule has 2 aliphatic rings. The number of hydrogen-bond acceptors (Lipinski definition) is 3. The van der Waals surface area contributed by atoms with Gasteiger partial charge >= 0.3 is 5.97 Å². The quantitative estimate of drug-likeness (QED) is 0.555. The highest BCUT2D eigenvalue weighted by atomic mass is 19.1. The molecule has 0 aromatic carbocycles. The van der Waals surface area contributed by atoms with Gasteiger partial charge in [0.2, 0.25) is 0 Å². The summed E-state index contributed by atoms with van der Waals surface area (Å²) >= 11 is 0. The van der Waals surface area contributed by atoms with Crippen LogP contribution in [-0.2, 0) is 14.3 Å². The number of ether oxygens (including phenoxy) is 1. The molecule has 2 fully saturated rings. The number of halogens is 1. The van der Waals surface area contributed by atoms with Crippen LogP contribution in [-0.4, -0.2) is 23.5 Å². The second-order valence-electron chi connectivity index (χ2n) is 6.71. The molecule has 3 nitrogen and oxygen atoms in total. The first-order chi connectivity index (χ1) is 9.85. The van der Waals surface area contributed by atoms with Crippen molar-refractivity contribution >= 4 is 11.8 Å². The lowest BCUT2D eigenvalue weighted by Crippen LogP contribution is -2.28. The number of hydrogen-bond donors (Lipinski definition) is 0. The highest BCUT2D eigenvalue weighted by molar-refractivity contribution is 5.96. The lowest BCUT2D eigenvalue weighted by molar-refractivity contribution is -0.141. The predicted octanol–water partition coefficient (Wildman–Crippen LogP) is 3.62. The van der Waals surface area contributed by atoms with Crippen molar-refractivity contribution < 1.29 is 18.7 Å². The Labute approximate surface area is 125 Å². The van der Waals surface area contributed by atoms with Crippen LogP contribution in [0.15, 0.2) is 12.2 Å². The van der Waals surface area contributed by atoms with E-state index in [1.165, 1.54) is 13.0 Å². The van der Waals surface area contributed by atoms with Crippen LogP contribution < -0.4 is 0 Å². The fourth-order valence-corrected chi connectivity index (χ4v) is 3.52. The lowest BCUT2D eigenvalue weighted by Gasteiger charge is -2.18. The maximum atomic E-state index is 14.3. The van der Waals surface area contributed by atoms with E-state index in [4.69, 9.17) is 4.74 Å². The number of allylic oxidation sites excluding steroid dienone is 2. The van der Waals surface area contributed by atoms with E-state index < -0.39 is 11.5 Å². The third kappa shape index (κ3) is 3.53. The minimum absolute atomic E-state index is 0.0193. The standard InChI is InChI=1S/C17H25FO3/c1-4-5-8-17(3,18)15(19)7-6-12-11(2)9-14-13(12)10-16(20)21-14/h6-7,11-14H,4-5,8-10H2,1-3H3/b7-6+. The van der Waals surface area contributed by atoms with Gasteiger partial charge in [-0.15, -0.1) is 0 Å². The van der Waals surface area contributed by atoms with E-state index in [1.54, 1.807) is 0 Å². The number of ketones is 1. The molecule has 0 aromatic heterocycles. The van der Waals surface area contributed by atoms with Gasteiger partial charge in [0.05, 0.1) is 6.42 Å². The van der Waals surface area contributed by atoms with Crippen LogP contribution in [0.4, 0.5) is 4.39 Å². The summed E-state index contributed by atoms with van der Waals surface area (Å²) in [6, 6.07) is 0. The molecule has 0 spiro atoms. The smallest absolute Gasteiger partial charge is 0.306 e. The average Bonchev–Trinajstić information content (AvgIpc) is 2.89. The molecule has 5 atom stereocenters. The van der Waals surface area contributed by atoms with Gasteiger partial charge in [-0.25, -0.2) is 4.39 Å². The Morgan fingerprint density at radius 2 is 2.24 bits per heavy atom. The van der Waals surface area contributed by atoms with Crippen molar-refractivity contribution in [1.82, 2.24) is 0 Å². The summed E-state index contributed by atoms with van der Waals surface area (Å²) in [5.41, 5.74) is -1.78. The zero-order chi connectivity index (χ0) is 15.6. The number of alkyl halides is 1. The van der Waals surface area contributed by atoms with Gasteiger partial charge in [-0.05, 0) is 37.7 Å². The molecule has 1 aliphatic carbocycles. The van der Waals surface area contributed by atoms with E-state index in [2.05, 4.69) is 6.92 Å². The van der Waals surface area contributed by atoms with E-state index in [0.717, 1.165) is 12.8 Å². The van der Waals surface area contributed by atoms with Crippen molar-refractivity contribution in [2.45, 2.75) is 64.6 Å². The summed E-state index contributed by atoms with van der Waals surface area (Å²) in [5, 5.41) is 0. The van der Waals surface area contributed by atoms with Crippen molar-refractivity contribution in [2.75, 3.05) is 0 Å². The van der Waals surface area contributed by atoms with Crippen molar-refractivity contribution in [1.29, 1.82) is 0 Å². The topological polar surface area (TPSA) is 43.4 Å². The van der Waals surface area contributed by atoms with E-state index in [0.29, 0.717) is 18.8 Å². The van der Waals surface area contributed by atoms with E-state index >= 15 is 0 Å². The molecule has 118 valence electrons. The zero-order valence-electron chi connectivity index (χ0n) is 13.1.